The van der Waals surface area contributed by atoms with E-state index in [1.807, 2.05) is 15.7 Å². The van der Waals surface area contributed by atoms with Crippen LogP contribution in [0.2, 0.25) is 5.02 Å². The zero-order valence-corrected chi connectivity index (χ0v) is 25.7. The fourth-order valence-electron chi connectivity index (χ4n) is 6.60. The van der Waals surface area contributed by atoms with Crippen molar-refractivity contribution in [1.29, 1.82) is 0 Å². The van der Waals surface area contributed by atoms with Gasteiger partial charge in [0.1, 0.15) is 76.7 Å². The minimum absolute atomic E-state index is 0.126. The summed E-state index contributed by atoms with van der Waals surface area (Å²) in [6.45, 7) is -0.174. The van der Waals surface area contributed by atoms with Crippen LogP contribution in [0, 0.1) is 0 Å². The number of hydrogen-bond acceptors (Lipinski definition) is 4. The first-order chi connectivity index (χ1) is 18.9. The normalized spacial score (nSPS) is 18.3. The molecule has 41 heavy (non-hydrogen) atoms. The highest BCUT2D eigenvalue weighted by Crippen LogP contribution is 2.36. The second-order valence-corrected chi connectivity index (χ2v) is 12.1. The van der Waals surface area contributed by atoms with Crippen LogP contribution in [0.4, 0.5) is 8.78 Å². The largest absolute Gasteiger partial charge is 0.348 e. The Balaban J connectivity index is 1.71. The molecule has 2 aliphatic rings. The molecule has 4 amide bonds. The smallest absolute Gasteiger partial charge is 0.347 e. The van der Waals surface area contributed by atoms with Crippen molar-refractivity contribution in [3.05, 3.63) is 27.3 Å². The van der Waals surface area contributed by atoms with Gasteiger partial charge in [0, 0.05) is 34.5 Å². The second-order valence-electron chi connectivity index (χ2n) is 11.8. The predicted molar refractivity (Wildman–Crippen MR) is 182 cm³/mol. The minimum Gasteiger partial charge on any atom is -0.347 e. The van der Waals surface area contributed by atoms with E-state index in [0.29, 0.717) is 49.0 Å². The van der Waals surface area contributed by atoms with E-state index >= 15 is 8.78 Å². The first kappa shape index (κ1) is 31.2. The van der Waals surface area contributed by atoms with Crippen LogP contribution < -0.4 is 48.9 Å². The molecule has 2 aliphatic heterocycles. The molecule has 2 aromatic rings. The van der Waals surface area contributed by atoms with Gasteiger partial charge in [-0.05, 0) is 17.5 Å². The van der Waals surface area contributed by atoms with Crippen LogP contribution in [0.3, 0.4) is 0 Å². The molecule has 0 aliphatic carbocycles. The molecule has 202 valence electrons. The van der Waals surface area contributed by atoms with Crippen LogP contribution >= 0.6 is 11.6 Å². The highest BCUT2D eigenvalue weighted by Gasteiger charge is 2.51. The molecule has 0 radical (unpaired) electrons. The molecule has 2 heterocycles. The molecule has 19 heteroatoms. The summed E-state index contributed by atoms with van der Waals surface area (Å²) in [5.41, 5.74) is 5.03. The Labute approximate surface area is 251 Å². The number of piperidine rings is 1. The number of rotatable bonds is 5. The average molecular weight is 568 g/mol. The molecule has 0 bridgehead atoms. The molecule has 0 saturated carbocycles. The van der Waals surface area contributed by atoms with E-state index in [1.165, 1.54) is 20.6 Å². The summed E-state index contributed by atoms with van der Waals surface area (Å²) in [5, 5.41) is 4.25. The Bertz CT molecular complexity index is 1540. The zero-order valence-electron chi connectivity index (χ0n) is 24.9. The highest BCUT2D eigenvalue weighted by atomic mass is 35.5. The molecule has 4 rings (SSSR count). The molecular weight excluding hydrogens is 541 g/mol. The van der Waals surface area contributed by atoms with Crippen molar-refractivity contribution >= 4 is 144 Å². The average Bonchev–Trinajstić information content (AvgIpc) is 3.09. The highest BCUT2D eigenvalue weighted by molar-refractivity contribution is 6.64. The third-order valence-electron chi connectivity index (χ3n) is 9.19. The van der Waals surface area contributed by atoms with E-state index in [-0.39, 0.29) is 47.7 Å². The number of halogens is 3. The molecular formula is C22H27B9ClF2N3O4. The summed E-state index contributed by atoms with van der Waals surface area (Å²) < 4.78 is 31.4. The SMILES string of the molecule is Bc1c(B)c(C(F)(F)C(=O)NCc2c(B)c(B)c3c(c2B)C(B)(B)N(C2CCC(=O)NC2=O)C3=O)c(B)c(B)c1Cl. The lowest BCUT2D eigenvalue weighted by atomic mass is 9.53. The van der Waals surface area contributed by atoms with Crippen molar-refractivity contribution in [1.82, 2.24) is 15.5 Å². The molecule has 2 aromatic carbocycles. The van der Waals surface area contributed by atoms with Crippen LogP contribution in [0.1, 0.15) is 39.9 Å². The van der Waals surface area contributed by atoms with Gasteiger partial charge in [-0.15, -0.1) is 0 Å². The van der Waals surface area contributed by atoms with Crippen molar-refractivity contribution in [3.63, 3.8) is 0 Å². The van der Waals surface area contributed by atoms with Gasteiger partial charge in [0.25, 0.3) is 11.8 Å². The lowest BCUT2D eigenvalue weighted by Gasteiger charge is -2.40. The fourth-order valence-corrected chi connectivity index (χ4v) is 6.89. The summed E-state index contributed by atoms with van der Waals surface area (Å²) in [6, 6.07) is -0.818. The summed E-state index contributed by atoms with van der Waals surface area (Å²) >= 11 is 6.32. The molecule has 7 nitrogen and oxygen atoms in total. The van der Waals surface area contributed by atoms with Crippen LogP contribution in [0.15, 0.2) is 0 Å². The van der Waals surface area contributed by atoms with E-state index in [2.05, 4.69) is 10.6 Å². The van der Waals surface area contributed by atoms with Crippen molar-refractivity contribution < 1.29 is 28.0 Å². The predicted octanol–water partition coefficient (Wildman–Crippen LogP) is -11.8. The first-order valence-corrected chi connectivity index (χ1v) is 14.0. The number of nitrogens with one attached hydrogen (secondary N) is 2. The van der Waals surface area contributed by atoms with Crippen LogP contribution in [0.5, 0.6) is 0 Å². The standard InChI is InChI=1S/C22H27B9ClF2N3O4/c23-10-4(3-35-20(41)21(33,34)9-13(26)15(28)17(32)16(29)14(9)27)11(24)12(25)7-8(10)22(30,31)37(19(7)40)5-1-2-6(38)36-18(5)39/h5H,1-3,23-31H2,(H,35,41)(H,36,38,39). The molecule has 1 atom stereocenters. The Kier molecular flexibility index (Phi) is 8.00. The van der Waals surface area contributed by atoms with Gasteiger partial charge in [0.15, 0.2) is 0 Å². The Hall–Kier alpha value is -2.75. The number of alkyl halides is 2. The van der Waals surface area contributed by atoms with E-state index in [9.17, 15) is 19.2 Å². The van der Waals surface area contributed by atoms with Gasteiger partial charge in [0.05, 0.1) is 0 Å². The maximum atomic E-state index is 15.7. The van der Waals surface area contributed by atoms with Crippen LogP contribution in [0.25, 0.3) is 0 Å². The summed E-state index contributed by atoms with van der Waals surface area (Å²) in [4.78, 5) is 52.8. The second kappa shape index (κ2) is 10.5. The lowest BCUT2D eigenvalue weighted by molar-refractivity contribution is -0.146. The quantitative estimate of drug-likeness (QED) is 0.277. The number of hydrogen-bond donors (Lipinski definition) is 2. The molecule has 1 unspecified atom stereocenters. The van der Waals surface area contributed by atoms with Gasteiger partial charge in [-0.3, -0.25) is 24.5 Å². The van der Waals surface area contributed by atoms with Crippen molar-refractivity contribution in [2.24, 2.45) is 0 Å². The van der Waals surface area contributed by atoms with Gasteiger partial charge in [-0.2, -0.15) is 8.78 Å². The number of benzene rings is 2. The van der Waals surface area contributed by atoms with Gasteiger partial charge in [-0.1, -0.05) is 49.8 Å². The number of fused-ring (bicyclic) bond motifs is 1. The molecule has 1 fully saturated rings. The first-order valence-electron chi connectivity index (χ1n) is 13.6. The summed E-state index contributed by atoms with van der Waals surface area (Å²) in [7, 11) is 15.4. The Morgan fingerprint density at radius 1 is 0.951 bits per heavy atom. The third-order valence-corrected chi connectivity index (χ3v) is 9.76. The number of carbonyl (C=O) groups excluding carboxylic acids is 4. The summed E-state index contributed by atoms with van der Waals surface area (Å²) in [6.07, 6.45) is 0.339. The Morgan fingerprint density at radius 2 is 1.51 bits per heavy atom. The molecule has 2 N–H and O–H groups in total. The van der Waals surface area contributed by atoms with Gasteiger partial charge >= 0.3 is 5.92 Å². The number of nitrogens with zero attached hydrogens (tertiary/aromatic N) is 1. The molecule has 0 spiro atoms. The monoisotopic (exact) mass is 569 g/mol. The number of carbonyl (C=O) groups is 4. The van der Waals surface area contributed by atoms with Crippen molar-refractivity contribution in [3.8, 4) is 0 Å². The molecule has 1 saturated heterocycles. The van der Waals surface area contributed by atoms with Gasteiger partial charge in [-0.25, -0.2) is 0 Å². The minimum atomic E-state index is -3.81. The van der Waals surface area contributed by atoms with E-state index in [4.69, 9.17) is 11.6 Å². The molecule has 0 aromatic heterocycles. The fraction of sp³-hybridized carbons (Fsp3) is 0.273. The van der Waals surface area contributed by atoms with Crippen LogP contribution in [-0.2, 0) is 32.2 Å². The lowest BCUT2D eigenvalue weighted by Crippen LogP contribution is -2.59. The van der Waals surface area contributed by atoms with Gasteiger partial charge < -0.3 is 10.2 Å². The van der Waals surface area contributed by atoms with Crippen molar-refractivity contribution in [2.45, 2.75) is 36.7 Å². The van der Waals surface area contributed by atoms with E-state index in [0.717, 1.165) is 0 Å². The van der Waals surface area contributed by atoms with E-state index in [1.54, 1.807) is 39.2 Å². The van der Waals surface area contributed by atoms with Gasteiger partial charge in [0.2, 0.25) is 11.8 Å². The maximum absolute atomic E-state index is 15.7. The maximum Gasteiger partial charge on any atom is 0.348 e. The van der Waals surface area contributed by atoms with Crippen LogP contribution in [-0.4, -0.2) is 105 Å². The number of imide groups is 1. The third kappa shape index (κ3) is 4.70. The summed E-state index contributed by atoms with van der Waals surface area (Å²) in [5.74, 6) is -6.44. The zero-order chi connectivity index (χ0) is 30.9. The topological polar surface area (TPSA) is 95.6 Å². The van der Waals surface area contributed by atoms with Crippen molar-refractivity contribution in [2.75, 3.05) is 0 Å². The Morgan fingerprint density at radius 3 is 2.05 bits per heavy atom. The van der Waals surface area contributed by atoms with E-state index < -0.39 is 29.1 Å². The number of amides is 4.